The summed E-state index contributed by atoms with van der Waals surface area (Å²) in [5, 5.41) is 10.4. The van der Waals surface area contributed by atoms with E-state index in [1.165, 1.54) is 14.2 Å². The molecule has 9 heteroatoms. The van der Waals surface area contributed by atoms with Crippen molar-refractivity contribution in [2.45, 2.75) is 5.75 Å². The summed E-state index contributed by atoms with van der Waals surface area (Å²) in [6, 6.07) is 13.3. The molecule has 0 amide bonds. The van der Waals surface area contributed by atoms with Crippen molar-refractivity contribution in [3.8, 4) is 34.3 Å². The maximum Gasteiger partial charge on any atom is 0.313 e. The van der Waals surface area contributed by atoms with E-state index >= 15 is 0 Å². The number of anilines is 1. The van der Waals surface area contributed by atoms with Crippen LogP contribution >= 0.6 is 0 Å². The maximum absolute atomic E-state index is 12.3. The molecular weight excluding hydrogens is 386 g/mol. The normalized spacial score (nSPS) is 11.2. The fraction of sp³-hybridized carbons (Fsp3) is 0.158. The van der Waals surface area contributed by atoms with Crippen LogP contribution in [0.15, 0.2) is 52.9 Å². The number of nitrogens with two attached hydrogens (primary N) is 1. The summed E-state index contributed by atoms with van der Waals surface area (Å²) in [6.45, 7) is 0. The molecule has 8 nitrogen and oxygen atoms in total. The Morgan fingerprint density at radius 2 is 1.71 bits per heavy atom. The van der Waals surface area contributed by atoms with E-state index in [0.717, 1.165) is 0 Å². The van der Waals surface area contributed by atoms with E-state index < -0.39 is 21.6 Å². The van der Waals surface area contributed by atoms with Gasteiger partial charge in [-0.05, 0) is 23.8 Å². The molecule has 3 aromatic rings. The molecule has 148 valence electrons. The summed E-state index contributed by atoms with van der Waals surface area (Å²) < 4.78 is 45.4. The van der Waals surface area contributed by atoms with Gasteiger partial charge < -0.3 is 28.9 Å². The largest absolute Gasteiger partial charge is 0.501 e. The lowest BCUT2D eigenvalue weighted by Crippen LogP contribution is -2.12. The average molecular weight is 405 g/mol. The third-order valence-electron chi connectivity index (χ3n) is 3.91. The van der Waals surface area contributed by atoms with Gasteiger partial charge in [0.25, 0.3) is 0 Å². The SMILES string of the molecule is COc1ccc(-c2oc(N)c(OS(=O)(=O)Cc3ccccc3)c2O)cc1OC. The van der Waals surface area contributed by atoms with Gasteiger partial charge in [0.1, 0.15) is 5.75 Å². The summed E-state index contributed by atoms with van der Waals surface area (Å²) in [5.41, 5.74) is 6.67. The fourth-order valence-electron chi connectivity index (χ4n) is 2.61. The topological polar surface area (TPSA) is 121 Å². The fourth-order valence-corrected chi connectivity index (χ4v) is 3.69. The van der Waals surface area contributed by atoms with Gasteiger partial charge in [-0.1, -0.05) is 30.3 Å². The number of methoxy groups -OCH3 is 2. The van der Waals surface area contributed by atoms with Crippen molar-refractivity contribution < 1.29 is 31.6 Å². The van der Waals surface area contributed by atoms with Gasteiger partial charge in [-0.2, -0.15) is 8.42 Å². The highest BCUT2D eigenvalue weighted by atomic mass is 32.2. The Labute approximate surface area is 162 Å². The van der Waals surface area contributed by atoms with Gasteiger partial charge in [-0.3, -0.25) is 0 Å². The van der Waals surface area contributed by atoms with E-state index in [-0.39, 0.29) is 17.4 Å². The third-order valence-corrected chi connectivity index (χ3v) is 5.02. The van der Waals surface area contributed by atoms with E-state index in [1.807, 2.05) is 0 Å². The van der Waals surface area contributed by atoms with Crippen LogP contribution in [0.2, 0.25) is 0 Å². The summed E-state index contributed by atoms with van der Waals surface area (Å²) in [7, 11) is -1.12. The molecule has 28 heavy (non-hydrogen) atoms. The molecule has 2 aromatic carbocycles. The van der Waals surface area contributed by atoms with E-state index in [4.69, 9.17) is 23.8 Å². The van der Waals surface area contributed by atoms with Crippen LogP contribution in [0.1, 0.15) is 5.56 Å². The van der Waals surface area contributed by atoms with Crippen LogP contribution in [-0.4, -0.2) is 27.7 Å². The number of hydrogen-bond donors (Lipinski definition) is 2. The molecule has 3 N–H and O–H groups in total. The Balaban J connectivity index is 1.92. The lowest BCUT2D eigenvalue weighted by atomic mass is 10.1. The molecule has 1 aromatic heterocycles. The molecule has 0 unspecified atom stereocenters. The second-order valence-electron chi connectivity index (χ2n) is 5.81. The van der Waals surface area contributed by atoms with Crippen LogP contribution < -0.4 is 19.4 Å². The lowest BCUT2D eigenvalue weighted by molar-refractivity contribution is 0.355. The third kappa shape index (κ3) is 3.99. The zero-order valence-corrected chi connectivity index (χ0v) is 16.0. The molecule has 0 aliphatic heterocycles. The number of benzene rings is 2. The summed E-state index contributed by atoms with van der Waals surface area (Å²) >= 11 is 0. The van der Waals surface area contributed by atoms with E-state index in [0.29, 0.717) is 22.6 Å². The van der Waals surface area contributed by atoms with Crippen molar-refractivity contribution >= 4 is 16.0 Å². The number of aromatic hydroxyl groups is 1. The standard InChI is InChI=1S/C19H19NO7S/c1-24-14-9-8-13(10-15(14)25-2)17-16(21)18(19(20)26-17)27-28(22,23)11-12-6-4-3-5-7-12/h3-10,21H,11,20H2,1-2H3. The maximum atomic E-state index is 12.3. The van der Waals surface area contributed by atoms with Crippen molar-refractivity contribution in [3.63, 3.8) is 0 Å². The molecule has 3 rings (SSSR count). The number of nitrogen functional groups attached to an aromatic ring is 1. The monoisotopic (exact) mass is 405 g/mol. The minimum absolute atomic E-state index is 0.0524. The molecule has 0 aliphatic rings. The Hall–Kier alpha value is -3.33. The molecule has 0 saturated heterocycles. The predicted molar refractivity (Wildman–Crippen MR) is 103 cm³/mol. The van der Waals surface area contributed by atoms with Gasteiger partial charge in [-0.15, -0.1) is 0 Å². The molecule has 0 radical (unpaired) electrons. The van der Waals surface area contributed by atoms with Crippen LogP contribution in [0.25, 0.3) is 11.3 Å². The number of ether oxygens (including phenoxy) is 2. The van der Waals surface area contributed by atoms with Gasteiger partial charge in [0, 0.05) is 5.56 Å². The number of furan rings is 1. The van der Waals surface area contributed by atoms with E-state index in [9.17, 15) is 13.5 Å². The molecule has 0 atom stereocenters. The van der Waals surface area contributed by atoms with Crippen LogP contribution in [-0.2, 0) is 15.9 Å². The van der Waals surface area contributed by atoms with Crippen LogP contribution in [0.3, 0.4) is 0 Å². The molecule has 0 bridgehead atoms. The summed E-state index contributed by atoms with van der Waals surface area (Å²) in [6.07, 6.45) is 0. The van der Waals surface area contributed by atoms with Crippen LogP contribution in [0, 0.1) is 0 Å². The van der Waals surface area contributed by atoms with Gasteiger partial charge in [0.15, 0.2) is 17.3 Å². The molecule has 0 fully saturated rings. The first-order chi connectivity index (χ1) is 13.3. The predicted octanol–water partition coefficient (Wildman–Crippen LogP) is 3.16. The van der Waals surface area contributed by atoms with E-state index in [2.05, 4.69) is 0 Å². The molecule has 0 aliphatic carbocycles. The van der Waals surface area contributed by atoms with Crippen molar-refractivity contribution in [3.05, 3.63) is 54.1 Å². The average Bonchev–Trinajstić information content (AvgIpc) is 2.95. The molecule has 0 spiro atoms. The zero-order chi connectivity index (χ0) is 20.3. The minimum atomic E-state index is -4.07. The Morgan fingerprint density at radius 3 is 2.36 bits per heavy atom. The summed E-state index contributed by atoms with van der Waals surface area (Å²) in [5.74, 6) is -0.908. The Morgan fingerprint density at radius 1 is 1.04 bits per heavy atom. The van der Waals surface area contributed by atoms with Gasteiger partial charge >= 0.3 is 10.1 Å². The van der Waals surface area contributed by atoms with Gasteiger partial charge in [0.2, 0.25) is 17.4 Å². The second-order valence-corrected chi connectivity index (χ2v) is 7.38. The van der Waals surface area contributed by atoms with Crippen LogP contribution in [0.4, 0.5) is 5.88 Å². The minimum Gasteiger partial charge on any atom is -0.501 e. The quantitative estimate of drug-likeness (QED) is 0.575. The number of rotatable bonds is 7. The second kappa shape index (κ2) is 7.73. The van der Waals surface area contributed by atoms with E-state index in [1.54, 1.807) is 48.5 Å². The molecule has 1 heterocycles. The Bertz CT molecular complexity index is 1080. The van der Waals surface area contributed by atoms with Gasteiger partial charge in [-0.25, -0.2) is 0 Å². The summed E-state index contributed by atoms with van der Waals surface area (Å²) in [4.78, 5) is 0. The van der Waals surface area contributed by atoms with Crippen molar-refractivity contribution in [2.24, 2.45) is 0 Å². The van der Waals surface area contributed by atoms with Crippen molar-refractivity contribution in [1.82, 2.24) is 0 Å². The lowest BCUT2D eigenvalue weighted by Gasteiger charge is -2.08. The van der Waals surface area contributed by atoms with Crippen molar-refractivity contribution in [2.75, 3.05) is 20.0 Å². The molecular formula is C19H19NO7S. The Kier molecular flexibility index (Phi) is 5.36. The smallest absolute Gasteiger partial charge is 0.313 e. The zero-order valence-electron chi connectivity index (χ0n) is 15.2. The highest BCUT2D eigenvalue weighted by Gasteiger charge is 2.26. The van der Waals surface area contributed by atoms with Crippen molar-refractivity contribution in [1.29, 1.82) is 0 Å². The first-order valence-electron chi connectivity index (χ1n) is 8.14. The molecule has 0 saturated carbocycles. The highest BCUT2D eigenvalue weighted by Crippen LogP contribution is 2.46. The first kappa shape index (κ1) is 19.4. The highest BCUT2D eigenvalue weighted by molar-refractivity contribution is 7.86. The van der Waals surface area contributed by atoms with Crippen LogP contribution in [0.5, 0.6) is 23.0 Å². The van der Waals surface area contributed by atoms with Gasteiger partial charge in [0.05, 0.1) is 14.2 Å². The number of hydrogen-bond acceptors (Lipinski definition) is 8. The first-order valence-corrected chi connectivity index (χ1v) is 9.72.